The highest BCUT2D eigenvalue weighted by Gasteiger charge is 2.36. The fraction of sp³-hybridized carbons (Fsp3) is 0.292. The Hall–Kier alpha value is -3.81. The first kappa shape index (κ1) is 20.1. The van der Waals surface area contributed by atoms with Gasteiger partial charge in [-0.1, -0.05) is 18.2 Å². The van der Waals surface area contributed by atoms with Crippen LogP contribution < -0.4 is 10.1 Å². The fourth-order valence-electron chi connectivity index (χ4n) is 4.09. The summed E-state index contributed by atoms with van der Waals surface area (Å²) in [7, 11) is 0. The number of fused-ring (bicyclic) bond motifs is 1. The van der Waals surface area contributed by atoms with E-state index in [1.165, 1.54) is 12.8 Å². The molecule has 2 aliphatic carbocycles. The van der Waals surface area contributed by atoms with Crippen LogP contribution in [0, 0.1) is 16.7 Å². The number of nitrogens with zero attached hydrogens (tertiary/aromatic N) is 2. The van der Waals surface area contributed by atoms with E-state index in [4.69, 9.17) is 4.74 Å². The van der Waals surface area contributed by atoms with E-state index in [1.54, 1.807) is 12.4 Å². The molecular weight excluding hydrogens is 408 g/mol. The number of ketones is 1. The predicted molar refractivity (Wildman–Crippen MR) is 119 cm³/mol. The van der Waals surface area contributed by atoms with Gasteiger partial charge in [0, 0.05) is 41.2 Å². The highest BCUT2D eigenvalue weighted by Crippen LogP contribution is 2.43. The topological polar surface area (TPSA) is 114 Å². The third-order valence-corrected chi connectivity index (χ3v) is 5.95. The molecule has 1 amide bonds. The second kappa shape index (κ2) is 8.37. The minimum atomic E-state index is -0.796. The van der Waals surface area contributed by atoms with Gasteiger partial charge in [-0.3, -0.25) is 14.6 Å². The van der Waals surface area contributed by atoms with Crippen LogP contribution in [-0.4, -0.2) is 28.3 Å². The lowest BCUT2D eigenvalue weighted by atomic mass is 9.86. The number of hydrogen-bond acceptors (Lipinski definition) is 6. The molecule has 1 saturated carbocycles. The molecule has 162 valence electrons. The molecule has 2 aromatic heterocycles. The number of nitrogens with one attached hydrogen (secondary N) is 2. The number of rotatable bonds is 7. The highest BCUT2D eigenvalue weighted by molar-refractivity contribution is 6.09. The summed E-state index contributed by atoms with van der Waals surface area (Å²) in [6.45, 7) is 0.626. The Morgan fingerprint density at radius 1 is 1.19 bits per heavy atom. The maximum Gasteiger partial charge on any atom is 0.290 e. The van der Waals surface area contributed by atoms with Crippen molar-refractivity contribution in [3.63, 3.8) is 0 Å². The quantitative estimate of drug-likeness (QED) is 0.528. The van der Waals surface area contributed by atoms with Gasteiger partial charge < -0.3 is 15.0 Å². The number of pyridine rings is 1. The number of carbonyl (C=O) groups excluding carboxylic acids is 2. The van der Waals surface area contributed by atoms with E-state index in [1.807, 2.05) is 36.4 Å². The minimum absolute atomic E-state index is 0.0419. The van der Waals surface area contributed by atoms with E-state index in [0.29, 0.717) is 40.9 Å². The zero-order valence-corrected chi connectivity index (χ0v) is 17.3. The zero-order chi connectivity index (χ0) is 22.1. The van der Waals surface area contributed by atoms with Crippen molar-refractivity contribution in [2.24, 2.45) is 17.0 Å². The number of ether oxygens (including phenoxy) is 1. The zero-order valence-electron chi connectivity index (χ0n) is 17.3. The standard InChI is InChI=1S/C24H22N4O4/c29-19-11-15(24(30)28-31)10-18-21(19)23(26-16-4-2-1-3-5-16)22(27-18)17-8-9-25-12-20(17)32-13-14-6-7-14/h1-5,8-9,12,14-15,26-27H,6-7,10-11,13H2. The van der Waals surface area contributed by atoms with Crippen LogP contribution in [0.4, 0.5) is 11.4 Å². The molecular formula is C24H22N4O4. The maximum atomic E-state index is 13.1. The summed E-state index contributed by atoms with van der Waals surface area (Å²) in [4.78, 5) is 43.3. The summed E-state index contributed by atoms with van der Waals surface area (Å²) in [6.07, 6.45) is 5.90. The van der Waals surface area contributed by atoms with Gasteiger partial charge in [0.05, 0.1) is 35.7 Å². The third-order valence-electron chi connectivity index (χ3n) is 5.95. The number of nitroso groups, excluding NO2 is 1. The van der Waals surface area contributed by atoms with Crippen molar-refractivity contribution in [2.45, 2.75) is 25.7 Å². The normalized spacial score (nSPS) is 17.5. The van der Waals surface area contributed by atoms with E-state index < -0.39 is 11.8 Å². The molecule has 0 aliphatic heterocycles. The average Bonchev–Trinajstić information content (AvgIpc) is 3.58. The van der Waals surface area contributed by atoms with E-state index in [9.17, 15) is 14.5 Å². The lowest BCUT2D eigenvalue weighted by molar-refractivity contribution is -0.121. The Balaban J connectivity index is 1.60. The Morgan fingerprint density at radius 2 is 2.00 bits per heavy atom. The molecule has 2 N–H and O–H groups in total. The van der Waals surface area contributed by atoms with Crippen LogP contribution >= 0.6 is 0 Å². The molecule has 0 radical (unpaired) electrons. The van der Waals surface area contributed by atoms with Gasteiger partial charge in [0.25, 0.3) is 5.91 Å². The number of aromatic amines is 1. The predicted octanol–water partition coefficient (Wildman–Crippen LogP) is 4.65. The van der Waals surface area contributed by atoms with Crippen molar-refractivity contribution in [2.75, 3.05) is 11.9 Å². The van der Waals surface area contributed by atoms with Crippen LogP contribution in [0.5, 0.6) is 5.75 Å². The number of hydrogen-bond donors (Lipinski definition) is 2. The highest BCUT2D eigenvalue weighted by atomic mass is 16.5. The Labute approximate surface area is 184 Å². The van der Waals surface area contributed by atoms with Crippen LogP contribution in [0.15, 0.2) is 54.0 Å². The van der Waals surface area contributed by atoms with Gasteiger partial charge in [0.1, 0.15) is 5.75 Å². The summed E-state index contributed by atoms with van der Waals surface area (Å²) in [5.41, 5.74) is 4.03. The maximum absolute atomic E-state index is 13.1. The smallest absolute Gasteiger partial charge is 0.290 e. The molecule has 2 aliphatic rings. The van der Waals surface area contributed by atoms with Gasteiger partial charge in [-0.15, -0.1) is 4.91 Å². The largest absolute Gasteiger partial charge is 0.491 e. The first-order chi connectivity index (χ1) is 15.6. The van der Waals surface area contributed by atoms with E-state index >= 15 is 0 Å². The molecule has 5 rings (SSSR count). The first-order valence-electron chi connectivity index (χ1n) is 10.7. The Bertz CT molecular complexity index is 1180. The number of benzene rings is 1. The van der Waals surface area contributed by atoms with Crippen LogP contribution in [0.3, 0.4) is 0 Å². The van der Waals surface area contributed by atoms with Crippen molar-refractivity contribution < 1.29 is 14.3 Å². The molecule has 0 bridgehead atoms. The summed E-state index contributed by atoms with van der Waals surface area (Å²) < 4.78 is 6.05. The molecule has 1 fully saturated rings. The summed E-state index contributed by atoms with van der Waals surface area (Å²) >= 11 is 0. The van der Waals surface area contributed by atoms with Crippen molar-refractivity contribution in [1.82, 2.24) is 9.97 Å². The van der Waals surface area contributed by atoms with Gasteiger partial charge in [-0.25, -0.2) is 0 Å². The SMILES string of the molecule is O=NC(=O)C1CC(=O)c2c([nH]c(-c3ccncc3OCC3CC3)c2Nc2ccccc2)C1. The average molecular weight is 430 g/mol. The molecule has 8 heteroatoms. The minimum Gasteiger partial charge on any atom is -0.491 e. The molecule has 32 heavy (non-hydrogen) atoms. The molecule has 1 unspecified atom stereocenters. The van der Waals surface area contributed by atoms with Gasteiger partial charge >= 0.3 is 0 Å². The van der Waals surface area contributed by atoms with Gasteiger partial charge in [0.15, 0.2) is 5.78 Å². The van der Waals surface area contributed by atoms with E-state index in [-0.39, 0.29) is 18.6 Å². The molecule has 3 aromatic rings. The summed E-state index contributed by atoms with van der Waals surface area (Å²) in [6, 6.07) is 11.4. The summed E-state index contributed by atoms with van der Waals surface area (Å²) in [5, 5.41) is 5.91. The van der Waals surface area contributed by atoms with Crippen molar-refractivity contribution >= 4 is 23.1 Å². The molecule has 0 saturated heterocycles. The van der Waals surface area contributed by atoms with Crippen molar-refractivity contribution in [3.05, 3.63) is 65.0 Å². The number of para-hydroxylation sites is 1. The fourth-order valence-corrected chi connectivity index (χ4v) is 4.09. The van der Waals surface area contributed by atoms with Crippen LogP contribution in [0.25, 0.3) is 11.3 Å². The van der Waals surface area contributed by atoms with Crippen molar-refractivity contribution in [1.29, 1.82) is 0 Å². The van der Waals surface area contributed by atoms with Gasteiger partial charge in [0.2, 0.25) is 0 Å². The number of anilines is 2. The second-order valence-corrected chi connectivity index (χ2v) is 8.30. The molecule has 2 heterocycles. The number of amides is 1. The number of Topliss-reactive ketones (excluding diaryl/α,β-unsaturated/α-hetero) is 1. The first-order valence-corrected chi connectivity index (χ1v) is 10.7. The van der Waals surface area contributed by atoms with Crippen molar-refractivity contribution in [3.8, 4) is 17.0 Å². The lowest BCUT2D eigenvalue weighted by Gasteiger charge is -2.18. The summed E-state index contributed by atoms with van der Waals surface area (Å²) in [5.74, 6) is -0.542. The van der Waals surface area contributed by atoms with Gasteiger partial charge in [-0.2, -0.15) is 0 Å². The van der Waals surface area contributed by atoms with Crippen LogP contribution in [0.2, 0.25) is 0 Å². The third kappa shape index (κ3) is 3.91. The molecule has 8 nitrogen and oxygen atoms in total. The number of H-pyrrole nitrogens is 1. The van der Waals surface area contributed by atoms with Crippen LogP contribution in [-0.2, 0) is 11.2 Å². The molecule has 1 atom stereocenters. The van der Waals surface area contributed by atoms with Crippen LogP contribution in [0.1, 0.15) is 35.3 Å². The second-order valence-electron chi connectivity index (χ2n) is 8.30. The monoisotopic (exact) mass is 430 g/mol. The molecule has 0 spiro atoms. The van der Waals surface area contributed by atoms with E-state index in [0.717, 1.165) is 11.3 Å². The number of carbonyl (C=O) groups is 2. The number of aromatic nitrogens is 2. The van der Waals surface area contributed by atoms with Gasteiger partial charge in [-0.05, 0) is 37.0 Å². The molecule has 1 aromatic carbocycles. The lowest BCUT2D eigenvalue weighted by Crippen LogP contribution is -2.25. The van der Waals surface area contributed by atoms with E-state index in [2.05, 4.69) is 20.5 Å². The Kier molecular flexibility index (Phi) is 5.26. The Morgan fingerprint density at radius 3 is 2.75 bits per heavy atom.